The molecule has 22 heavy (non-hydrogen) atoms. The van der Waals surface area contributed by atoms with Crippen molar-refractivity contribution in [1.29, 1.82) is 0 Å². The zero-order valence-electron chi connectivity index (χ0n) is 13.2. The second-order valence-electron chi connectivity index (χ2n) is 6.97. The number of hydrogen-bond acceptors (Lipinski definition) is 4. The van der Waals surface area contributed by atoms with Crippen molar-refractivity contribution in [1.82, 2.24) is 4.90 Å². The van der Waals surface area contributed by atoms with Crippen LogP contribution in [-0.4, -0.2) is 42.9 Å². The molecule has 5 heteroatoms. The molecule has 4 atom stereocenters. The maximum absolute atomic E-state index is 10.5. The second kappa shape index (κ2) is 4.86. The van der Waals surface area contributed by atoms with Gasteiger partial charge in [0.15, 0.2) is 11.5 Å². The Balaban J connectivity index is 2.02. The summed E-state index contributed by atoms with van der Waals surface area (Å²) in [4.78, 5) is 2.36. The van der Waals surface area contributed by atoms with Crippen LogP contribution in [0.2, 0.25) is 0 Å². The van der Waals surface area contributed by atoms with E-state index in [1.165, 1.54) is 11.1 Å². The molecular formula is C17H22BrNO3. The Morgan fingerprint density at radius 3 is 3.00 bits per heavy atom. The van der Waals surface area contributed by atoms with Gasteiger partial charge in [-0.05, 0) is 37.6 Å². The van der Waals surface area contributed by atoms with Crippen molar-refractivity contribution in [3.05, 3.63) is 21.7 Å². The first-order valence-corrected chi connectivity index (χ1v) is 8.71. The van der Waals surface area contributed by atoms with E-state index in [4.69, 9.17) is 9.47 Å². The standard InChI is InChI=1S/C17H22BrNO3/c1-9-12(20)7-14-17(9)4-5-19(2)8-10-11(18)6-13(21-3)16(22-14)15(10)17/h6,9,12,14,20H,4-5,7-8H2,1-3H3/t9?,12-,14+,17-/m1/s1. The molecule has 1 aromatic rings. The molecule has 1 saturated carbocycles. The van der Waals surface area contributed by atoms with Gasteiger partial charge in [-0.2, -0.15) is 0 Å². The smallest absolute Gasteiger partial charge is 0.165 e. The van der Waals surface area contributed by atoms with E-state index in [-0.39, 0.29) is 23.5 Å². The average molecular weight is 368 g/mol. The molecule has 2 heterocycles. The Hall–Kier alpha value is -0.780. The molecule has 1 unspecified atom stereocenters. The van der Waals surface area contributed by atoms with Gasteiger partial charge < -0.3 is 19.5 Å². The molecule has 0 radical (unpaired) electrons. The number of aliphatic hydroxyl groups excluding tert-OH is 1. The number of hydrogen-bond donors (Lipinski definition) is 1. The van der Waals surface area contributed by atoms with Crippen molar-refractivity contribution < 1.29 is 14.6 Å². The predicted molar refractivity (Wildman–Crippen MR) is 87.5 cm³/mol. The predicted octanol–water partition coefficient (Wildman–Crippen LogP) is 2.69. The molecule has 3 aliphatic rings. The summed E-state index contributed by atoms with van der Waals surface area (Å²) < 4.78 is 13.0. The molecule has 1 aromatic carbocycles. The van der Waals surface area contributed by atoms with Crippen molar-refractivity contribution >= 4 is 15.9 Å². The first-order chi connectivity index (χ1) is 10.5. The highest BCUT2D eigenvalue weighted by atomic mass is 79.9. The van der Waals surface area contributed by atoms with Crippen LogP contribution in [-0.2, 0) is 12.0 Å². The summed E-state index contributed by atoms with van der Waals surface area (Å²) in [5, 5.41) is 10.5. The zero-order chi connectivity index (χ0) is 15.6. The molecule has 1 spiro atoms. The molecule has 1 N–H and O–H groups in total. The Kier molecular flexibility index (Phi) is 3.26. The van der Waals surface area contributed by atoms with Crippen LogP contribution in [0, 0.1) is 5.92 Å². The molecule has 1 aliphatic carbocycles. The topological polar surface area (TPSA) is 41.9 Å². The van der Waals surface area contributed by atoms with E-state index in [1.807, 2.05) is 6.07 Å². The molecule has 0 amide bonds. The minimum Gasteiger partial charge on any atom is -0.493 e. The molecular weight excluding hydrogens is 346 g/mol. The highest BCUT2D eigenvalue weighted by molar-refractivity contribution is 9.10. The van der Waals surface area contributed by atoms with Crippen LogP contribution in [0.1, 0.15) is 30.9 Å². The van der Waals surface area contributed by atoms with E-state index in [9.17, 15) is 5.11 Å². The van der Waals surface area contributed by atoms with Gasteiger partial charge in [0.2, 0.25) is 0 Å². The summed E-state index contributed by atoms with van der Waals surface area (Å²) in [7, 11) is 3.85. The molecule has 0 bridgehead atoms. The number of aliphatic hydroxyl groups is 1. The van der Waals surface area contributed by atoms with E-state index in [0.717, 1.165) is 35.5 Å². The normalized spacial score (nSPS) is 36.5. The Morgan fingerprint density at radius 2 is 2.27 bits per heavy atom. The number of methoxy groups -OCH3 is 1. The summed E-state index contributed by atoms with van der Waals surface area (Å²) in [6.45, 7) is 4.08. The third-order valence-electron chi connectivity index (χ3n) is 6.00. The van der Waals surface area contributed by atoms with Gasteiger partial charge in [-0.3, -0.25) is 0 Å². The lowest BCUT2D eigenvalue weighted by molar-refractivity contribution is 0.112. The van der Waals surface area contributed by atoms with Crippen LogP contribution in [0.4, 0.5) is 0 Å². The van der Waals surface area contributed by atoms with Crippen molar-refractivity contribution in [2.75, 3.05) is 20.7 Å². The quantitative estimate of drug-likeness (QED) is 0.828. The first kappa shape index (κ1) is 14.8. The maximum Gasteiger partial charge on any atom is 0.165 e. The van der Waals surface area contributed by atoms with Crippen molar-refractivity contribution in [3.63, 3.8) is 0 Å². The van der Waals surface area contributed by atoms with Gasteiger partial charge in [-0.1, -0.05) is 22.9 Å². The van der Waals surface area contributed by atoms with Crippen LogP contribution in [0.5, 0.6) is 11.5 Å². The van der Waals surface area contributed by atoms with Gasteiger partial charge in [0, 0.05) is 28.4 Å². The van der Waals surface area contributed by atoms with Crippen LogP contribution >= 0.6 is 15.9 Å². The van der Waals surface area contributed by atoms with E-state index >= 15 is 0 Å². The van der Waals surface area contributed by atoms with E-state index < -0.39 is 0 Å². The minimum absolute atomic E-state index is 0.0564. The van der Waals surface area contributed by atoms with Gasteiger partial charge in [0.05, 0.1) is 13.2 Å². The fourth-order valence-corrected chi connectivity index (χ4v) is 5.29. The summed E-state index contributed by atoms with van der Waals surface area (Å²) >= 11 is 3.73. The lowest BCUT2D eigenvalue weighted by atomic mass is 9.69. The lowest BCUT2D eigenvalue weighted by Crippen LogP contribution is -2.40. The van der Waals surface area contributed by atoms with Gasteiger partial charge in [0.1, 0.15) is 6.10 Å². The summed E-state index contributed by atoms with van der Waals surface area (Å²) in [5.74, 6) is 1.90. The molecule has 0 saturated heterocycles. The van der Waals surface area contributed by atoms with E-state index in [1.54, 1.807) is 7.11 Å². The average Bonchev–Trinajstić information content (AvgIpc) is 2.85. The van der Waals surface area contributed by atoms with Crippen LogP contribution in [0.3, 0.4) is 0 Å². The van der Waals surface area contributed by atoms with Crippen LogP contribution in [0.25, 0.3) is 0 Å². The van der Waals surface area contributed by atoms with Crippen molar-refractivity contribution in [3.8, 4) is 11.5 Å². The Morgan fingerprint density at radius 1 is 1.50 bits per heavy atom. The largest absolute Gasteiger partial charge is 0.493 e. The molecule has 4 rings (SSSR count). The molecule has 4 nitrogen and oxygen atoms in total. The van der Waals surface area contributed by atoms with Gasteiger partial charge in [0.25, 0.3) is 0 Å². The van der Waals surface area contributed by atoms with E-state index in [0.29, 0.717) is 6.42 Å². The zero-order valence-corrected chi connectivity index (χ0v) is 14.8. The molecule has 1 fully saturated rings. The van der Waals surface area contributed by atoms with Crippen LogP contribution in [0.15, 0.2) is 10.5 Å². The van der Waals surface area contributed by atoms with Crippen LogP contribution < -0.4 is 9.47 Å². The SMILES string of the molecule is COc1cc(Br)c2c3c1O[C@H]1C[C@@H](O)C(C)[C@@]31CCN(C)C2. The maximum atomic E-state index is 10.5. The summed E-state index contributed by atoms with van der Waals surface area (Å²) in [6, 6.07) is 2.02. The Bertz CT molecular complexity index is 635. The third-order valence-corrected chi connectivity index (χ3v) is 6.71. The number of benzene rings is 1. The highest BCUT2D eigenvalue weighted by Gasteiger charge is 2.61. The second-order valence-corrected chi connectivity index (χ2v) is 7.82. The molecule has 2 aliphatic heterocycles. The van der Waals surface area contributed by atoms with E-state index in [2.05, 4.69) is 34.8 Å². The fourth-order valence-electron chi connectivity index (χ4n) is 4.76. The number of nitrogens with zero attached hydrogens (tertiary/aromatic N) is 1. The van der Waals surface area contributed by atoms with Gasteiger partial charge in [-0.15, -0.1) is 0 Å². The van der Waals surface area contributed by atoms with Gasteiger partial charge >= 0.3 is 0 Å². The summed E-state index contributed by atoms with van der Waals surface area (Å²) in [5.41, 5.74) is 2.47. The summed E-state index contributed by atoms with van der Waals surface area (Å²) in [6.07, 6.45) is 1.49. The lowest BCUT2D eigenvalue weighted by Gasteiger charge is -2.33. The monoisotopic (exact) mass is 367 g/mol. The van der Waals surface area contributed by atoms with Crippen molar-refractivity contribution in [2.45, 2.75) is 43.9 Å². The number of rotatable bonds is 1. The highest BCUT2D eigenvalue weighted by Crippen LogP contribution is 2.61. The molecule has 120 valence electrons. The first-order valence-electron chi connectivity index (χ1n) is 7.92. The molecule has 0 aromatic heterocycles. The Labute approximate surface area is 139 Å². The number of halogens is 1. The van der Waals surface area contributed by atoms with Crippen molar-refractivity contribution in [2.24, 2.45) is 5.92 Å². The third kappa shape index (κ3) is 1.70. The number of ether oxygens (including phenoxy) is 2. The van der Waals surface area contributed by atoms with Gasteiger partial charge in [-0.25, -0.2) is 0 Å². The fraction of sp³-hybridized carbons (Fsp3) is 0.647. The minimum atomic E-state index is -0.292.